The van der Waals surface area contributed by atoms with Crippen LogP contribution in [0.15, 0.2) is 29.8 Å². The summed E-state index contributed by atoms with van der Waals surface area (Å²) in [5.74, 6) is -0.295. The molecule has 6 nitrogen and oxygen atoms in total. The normalized spacial score (nSPS) is 14.8. The third-order valence-corrected chi connectivity index (χ3v) is 3.83. The number of carbonyl (C=O) groups excluding carboxylic acids is 2. The van der Waals surface area contributed by atoms with Gasteiger partial charge in [0.1, 0.15) is 17.4 Å². The van der Waals surface area contributed by atoms with Gasteiger partial charge in [-0.2, -0.15) is 5.26 Å². The predicted molar refractivity (Wildman–Crippen MR) is 87.9 cm³/mol. The number of ether oxygens (including phenoxy) is 2. The van der Waals surface area contributed by atoms with Gasteiger partial charge in [0, 0.05) is 6.04 Å². The van der Waals surface area contributed by atoms with Crippen LogP contribution in [0.3, 0.4) is 0 Å². The standard InChI is InChI=1S/C18H20N2O4/c1-23-17(21)12-24-16-8-6-13(7-9-16)10-14(11-19)18(22)20-15-4-2-3-5-15/h6-10,15H,2-5,12H2,1H3,(H,20,22)/b14-10-. The molecule has 0 aromatic heterocycles. The van der Waals surface area contributed by atoms with E-state index in [-0.39, 0.29) is 24.1 Å². The van der Waals surface area contributed by atoms with Crippen molar-refractivity contribution < 1.29 is 19.1 Å². The van der Waals surface area contributed by atoms with Crippen molar-refractivity contribution in [3.8, 4) is 11.8 Å². The fourth-order valence-corrected chi connectivity index (χ4v) is 2.51. The molecule has 0 bridgehead atoms. The molecule has 24 heavy (non-hydrogen) atoms. The number of methoxy groups -OCH3 is 1. The fourth-order valence-electron chi connectivity index (χ4n) is 2.51. The number of carbonyl (C=O) groups is 2. The minimum absolute atomic E-state index is 0.0742. The summed E-state index contributed by atoms with van der Waals surface area (Å²) in [6.45, 7) is -0.168. The van der Waals surface area contributed by atoms with Gasteiger partial charge in [0.2, 0.25) is 0 Å². The first kappa shape index (κ1) is 17.5. The zero-order chi connectivity index (χ0) is 17.4. The SMILES string of the molecule is COC(=O)COc1ccc(/C=C(/C#N)C(=O)NC2CCCC2)cc1. The number of hydrogen-bond donors (Lipinski definition) is 1. The summed E-state index contributed by atoms with van der Waals surface area (Å²) >= 11 is 0. The highest BCUT2D eigenvalue weighted by atomic mass is 16.6. The van der Waals surface area contributed by atoms with Gasteiger partial charge in [0.05, 0.1) is 7.11 Å². The minimum atomic E-state index is -0.464. The van der Waals surface area contributed by atoms with Crippen molar-refractivity contribution in [2.24, 2.45) is 0 Å². The van der Waals surface area contributed by atoms with Crippen molar-refractivity contribution in [1.82, 2.24) is 5.32 Å². The molecular formula is C18H20N2O4. The summed E-state index contributed by atoms with van der Waals surface area (Å²) < 4.78 is 9.73. The Bertz CT molecular complexity index is 653. The Morgan fingerprint density at radius 1 is 1.29 bits per heavy atom. The molecule has 0 saturated heterocycles. The van der Waals surface area contributed by atoms with E-state index in [9.17, 15) is 14.9 Å². The molecule has 1 aromatic carbocycles. The van der Waals surface area contributed by atoms with Gasteiger partial charge in [0.15, 0.2) is 6.61 Å². The van der Waals surface area contributed by atoms with E-state index in [1.165, 1.54) is 13.2 Å². The Balaban J connectivity index is 1.98. The molecule has 1 fully saturated rings. The van der Waals surface area contributed by atoms with Gasteiger partial charge < -0.3 is 14.8 Å². The number of hydrogen-bond acceptors (Lipinski definition) is 5. The number of nitriles is 1. The number of nitrogens with zero attached hydrogens (tertiary/aromatic N) is 1. The van der Waals surface area contributed by atoms with Crippen LogP contribution >= 0.6 is 0 Å². The van der Waals surface area contributed by atoms with E-state index in [1.54, 1.807) is 24.3 Å². The van der Waals surface area contributed by atoms with E-state index in [4.69, 9.17) is 4.74 Å². The van der Waals surface area contributed by atoms with Crippen LogP contribution in [0.25, 0.3) is 6.08 Å². The van der Waals surface area contributed by atoms with Crippen molar-refractivity contribution in [1.29, 1.82) is 5.26 Å². The summed E-state index contributed by atoms with van der Waals surface area (Å²) in [4.78, 5) is 23.2. The lowest BCUT2D eigenvalue weighted by Crippen LogP contribution is -2.33. The highest BCUT2D eigenvalue weighted by Gasteiger charge is 2.19. The molecule has 0 unspecified atom stereocenters. The molecule has 1 aliphatic rings. The summed E-state index contributed by atoms with van der Waals surface area (Å²) in [6, 6.07) is 8.87. The van der Waals surface area contributed by atoms with Crippen LogP contribution in [-0.2, 0) is 14.3 Å². The minimum Gasteiger partial charge on any atom is -0.482 e. The zero-order valence-corrected chi connectivity index (χ0v) is 13.6. The molecule has 1 saturated carbocycles. The van der Waals surface area contributed by atoms with Crippen LogP contribution in [-0.4, -0.2) is 31.6 Å². The number of nitrogens with one attached hydrogen (secondary N) is 1. The molecule has 0 aliphatic heterocycles. The van der Waals surface area contributed by atoms with E-state index in [1.807, 2.05) is 6.07 Å². The molecule has 0 heterocycles. The maximum atomic E-state index is 12.1. The lowest BCUT2D eigenvalue weighted by Gasteiger charge is -2.11. The highest BCUT2D eigenvalue weighted by molar-refractivity contribution is 6.01. The van der Waals surface area contributed by atoms with Gasteiger partial charge in [-0.15, -0.1) is 0 Å². The molecule has 1 N–H and O–H groups in total. The molecule has 2 rings (SSSR count). The lowest BCUT2D eigenvalue weighted by molar-refractivity contribution is -0.142. The fraction of sp³-hybridized carbons (Fsp3) is 0.389. The summed E-state index contributed by atoms with van der Waals surface area (Å²) in [5.41, 5.74) is 0.781. The molecule has 0 spiro atoms. The van der Waals surface area contributed by atoms with E-state index in [2.05, 4.69) is 10.1 Å². The largest absolute Gasteiger partial charge is 0.482 e. The third-order valence-electron chi connectivity index (χ3n) is 3.83. The summed E-state index contributed by atoms with van der Waals surface area (Å²) in [7, 11) is 1.29. The van der Waals surface area contributed by atoms with Crippen LogP contribution in [0.2, 0.25) is 0 Å². The number of amides is 1. The van der Waals surface area contributed by atoms with E-state index < -0.39 is 5.97 Å². The summed E-state index contributed by atoms with van der Waals surface area (Å²) in [6.07, 6.45) is 5.70. The van der Waals surface area contributed by atoms with Gasteiger partial charge in [-0.25, -0.2) is 4.79 Å². The Morgan fingerprint density at radius 2 is 1.96 bits per heavy atom. The molecule has 1 aromatic rings. The molecule has 0 radical (unpaired) electrons. The summed E-state index contributed by atoms with van der Waals surface area (Å²) in [5, 5.41) is 12.1. The Morgan fingerprint density at radius 3 is 2.54 bits per heavy atom. The van der Waals surface area contributed by atoms with E-state index >= 15 is 0 Å². The van der Waals surface area contributed by atoms with Crippen molar-refractivity contribution in [3.05, 3.63) is 35.4 Å². The van der Waals surface area contributed by atoms with Crippen molar-refractivity contribution in [2.45, 2.75) is 31.7 Å². The second kappa shape index (κ2) is 8.73. The lowest BCUT2D eigenvalue weighted by atomic mass is 10.1. The molecular weight excluding hydrogens is 308 g/mol. The van der Waals surface area contributed by atoms with Crippen LogP contribution in [0.1, 0.15) is 31.2 Å². The van der Waals surface area contributed by atoms with Crippen LogP contribution in [0, 0.1) is 11.3 Å². The van der Waals surface area contributed by atoms with Crippen LogP contribution < -0.4 is 10.1 Å². The second-order valence-electron chi connectivity index (χ2n) is 5.56. The van der Waals surface area contributed by atoms with Gasteiger partial charge in [0.25, 0.3) is 5.91 Å². The first-order valence-corrected chi connectivity index (χ1v) is 7.84. The van der Waals surface area contributed by atoms with Gasteiger partial charge in [-0.3, -0.25) is 4.79 Å². The monoisotopic (exact) mass is 328 g/mol. The van der Waals surface area contributed by atoms with Gasteiger partial charge in [-0.1, -0.05) is 25.0 Å². The average molecular weight is 328 g/mol. The average Bonchev–Trinajstić information content (AvgIpc) is 3.11. The Hall–Kier alpha value is -2.81. The molecule has 1 aliphatic carbocycles. The Kier molecular flexibility index (Phi) is 6.38. The van der Waals surface area contributed by atoms with Crippen LogP contribution in [0.4, 0.5) is 0 Å². The molecule has 6 heteroatoms. The molecule has 0 atom stereocenters. The van der Waals surface area contributed by atoms with E-state index in [0.29, 0.717) is 11.3 Å². The maximum absolute atomic E-state index is 12.1. The van der Waals surface area contributed by atoms with Crippen molar-refractivity contribution in [2.75, 3.05) is 13.7 Å². The number of benzene rings is 1. The second-order valence-corrected chi connectivity index (χ2v) is 5.56. The van der Waals surface area contributed by atoms with Gasteiger partial charge in [-0.05, 0) is 36.6 Å². The smallest absolute Gasteiger partial charge is 0.343 e. The predicted octanol–water partition coefficient (Wildman–Crippen LogP) is 2.20. The zero-order valence-electron chi connectivity index (χ0n) is 13.6. The van der Waals surface area contributed by atoms with Gasteiger partial charge >= 0.3 is 5.97 Å². The first-order chi connectivity index (χ1) is 11.6. The first-order valence-electron chi connectivity index (χ1n) is 7.84. The van der Waals surface area contributed by atoms with Crippen LogP contribution in [0.5, 0.6) is 5.75 Å². The topological polar surface area (TPSA) is 88.4 Å². The number of esters is 1. The molecule has 1 amide bonds. The van der Waals surface area contributed by atoms with E-state index in [0.717, 1.165) is 25.7 Å². The maximum Gasteiger partial charge on any atom is 0.343 e. The third kappa shape index (κ3) is 5.13. The quantitative estimate of drug-likeness (QED) is 0.491. The van der Waals surface area contributed by atoms with Crippen molar-refractivity contribution >= 4 is 18.0 Å². The molecule has 126 valence electrons. The van der Waals surface area contributed by atoms with Crippen molar-refractivity contribution in [3.63, 3.8) is 0 Å². The Labute approximate surface area is 141 Å². The number of rotatable bonds is 6. The highest BCUT2D eigenvalue weighted by Crippen LogP contribution is 2.19.